The predicted molar refractivity (Wildman–Crippen MR) is 70.9 cm³/mol. The summed E-state index contributed by atoms with van der Waals surface area (Å²) in [6.45, 7) is 0.480. The first kappa shape index (κ1) is 12.6. The fourth-order valence-corrected chi connectivity index (χ4v) is 2.36. The monoisotopic (exact) mass is 262 g/mol. The van der Waals surface area contributed by atoms with Crippen molar-refractivity contribution in [2.75, 3.05) is 14.2 Å². The number of pyridine rings is 1. The lowest BCUT2D eigenvalue weighted by Crippen LogP contribution is -2.25. The Bertz CT molecular complexity index is 526. The topological polar surface area (TPSA) is 42.4 Å². The van der Waals surface area contributed by atoms with E-state index in [1.165, 1.54) is 11.3 Å². The molecule has 0 saturated heterocycles. The van der Waals surface area contributed by atoms with Crippen molar-refractivity contribution in [2.45, 2.75) is 6.54 Å². The molecular formula is C13H14N2O2S. The Morgan fingerprint density at radius 3 is 2.94 bits per heavy atom. The number of ether oxygens (including phenoxy) is 1. The zero-order valence-corrected chi connectivity index (χ0v) is 11.1. The molecule has 2 aromatic heterocycles. The van der Waals surface area contributed by atoms with Crippen molar-refractivity contribution in [3.8, 4) is 5.88 Å². The number of rotatable bonds is 4. The molecule has 0 atom stereocenters. The molecular weight excluding hydrogens is 248 g/mol. The summed E-state index contributed by atoms with van der Waals surface area (Å²) in [5.41, 5.74) is 0.896. The standard InChI is InChI=1S/C13H14N2O2S/c1-15(13(16)11-6-4-8-18-11)9-10-5-3-7-14-12(10)17-2/h3-8H,9H2,1-2H3. The van der Waals surface area contributed by atoms with Gasteiger partial charge in [-0.3, -0.25) is 4.79 Å². The molecule has 94 valence electrons. The summed E-state index contributed by atoms with van der Waals surface area (Å²) < 4.78 is 5.17. The summed E-state index contributed by atoms with van der Waals surface area (Å²) in [6.07, 6.45) is 1.67. The van der Waals surface area contributed by atoms with Gasteiger partial charge < -0.3 is 9.64 Å². The molecule has 0 radical (unpaired) electrons. The third-order valence-corrected chi connectivity index (χ3v) is 3.39. The molecule has 2 heterocycles. The number of methoxy groups -OCH3 is 1. The molecule has 1 amide bonds. The van der Waals surface area contributed by atoms with E-state index in [-0.39, 0.29) is 5.91 Å². The number of aromatic nitrogens is 1. The van der Waals surface area contributed by atoms with Crippen LogP contribution in [0.1, 0.15) is 15.2 Å². The average molecular weight is 262 g/mol. The zero-order chi connectivity index (χ0) is 13.0. The Kier molecular flexibility index (Phi) is 3.94. The summed E-state index contributed by atoms with van der Waals surface area (Å²) in [5, 5.41) is 1.89. The molecule has 0 aliphatic carbocycles. The first-order valence-corrected chi connectivity index (χ1v) is 6.37. The highest BCUT2D eigenvalue weighted by Gasteiger charge is 2.14. The number of amides is 1. The highest BCUT2D eigenvalue weighted by atomic mass is 32.1. The Morgan fingerprint density at radius 1 is 1.44 bits per heavy atom. The highest BCUT2D eigenvalue weighted by molar-refractivity contribution is 7.12. The van der Waals surface area contributed by atoms with E-state index >= 15 is 0 Å². The average Bonchev–Trinajstić information content (AvgIpc) is 2.92. The molecule has 2 rings (SSSR count). The minimum absolute atomic E-state index is 0.0101. The van der Waals surface area contributed by atoms with Crippen molar-refractivity contribution in [1.29, 1.82) is 0 Å². The quantitative estimate of drug-likeness (QED) is 0.850. The molecule has 5 heteroatoms. The molecule has 0 N–H and O–H groups in total. The molecule has 0 fully saturated rings. The second-order valence-corrected chi connectivity index (χ2v) is 4.76. The first-order valence-electron chi connectivity index (χ1n) is 5.49. The number of nitrogens with zero attached hydrogens (tertiary/aromatic N) is 2. The summed E-state index contributed by atoms with van der Waals surface area (Å²) in [7, 11) is 3.35. The number of thiophene rings is 1. The van der Waals surface area contributed by atoms with Crippen LogP contribution in [0.2, 0.25) is 0 Å². The maximum absolute atomic E-state index is 12.1. The molecule has 18 heavy (non-hydrogen) atoms. The molecule has 0 spiro atoms. The van der Waals surface area contributed by atoms with Gasteiger partial charge in [-0.1, -0.05) is 12.1 Å². The Morgan fingerprint density at radius 2 is 2.28 bits per heavy atom. The van der Waals surface area contributed by atoms with Crippen molar-refractivity contribution in [1.82, 2.24) is 9.88 Å². The number of carbonyl (C=O) groups excluding carboxylic acids is 1. The fourth-order valence-electron chi connectivity index (χ4n) is 1.64. The second kappa shape index (κ2) is 5.64. The van der Waals surface area contributed by atoms with Gasteiger partial charge in [0.25, 0.3) is 5.91 Å². The molecule has 0 unspecified atom stereocenters. The van der Waals surface area contributed by atoms with Gasteiger partial charge in [-0.05, 0) is 17.5 Å². The second-order valence-electron chi connectivity index (χ2n) is 3.81. The lowest BCUT2D eigenvalue weighted by atomic mass is 10.2. The van der Waals surface area contributed by atoms with Gasteiger partial charge in [-0.2, -0.15) is 0 Å². The van der Waals surface area contributed by atoms with Crippen LogP contribution < -0.4 is 4.74 Å². The Hall–Kier alpha value is -1.88. The predicted octanol–water partition coefficient (Wildman–Crippen LogP) is 2.42. The zero-order valence-electron chi connectivity index (χ0n) is 10.3. The van der Waals surface area contributed by atoms with Crippen LogP contribution in [0.5, 0.6) is 5.88 Å². The number of carbonyl (C=O) groups is 1. The molecule has 0 aliphatic rings. The summed E-state index contributed by atoms with van der Waals surface area (Å²) in [6, 6.07) is 7.44. The van der Waals surface area contributed by atoms with Crippen LogP contribution in [0, 0.1) is 0 Å². The van der Waals surface area contributed by atoms with E-state index in [1.54, 1.807) is 25.3 Å². The normalized spacial score (nSPS) is 10.1. The molecule has 0 aliphatic heterocycles. The third-order valence-electron chi connectivity index (χ3n) is 2.53. The summed E-state index contributed by atoms with van der Waals surface area (Å²) in [4.78, 5) is 18.6. The number of hydrogen-bond acceptors (Lipinski definition) is 4. The van der Waals surface area contributed by atoms with E-state index in [1.807, 2.05) is 29.6 Å². The van der Waals surface area contributed by atoms with Gasteiger partial charge in [0.15, 0.2) is 0 Å². The van der Waals surface area contributed by atoms with E-state index in [0.717, 1.165) is 10.4 Å². The van der Waals surface area contributed by atoms with Crippen LogP contribution >= 0.6 is 11.3 Å². The van der Waals surface area contributed by atoms with Gasteiger partial charge >= 0.3 is 0 Å². The molecule has 0 aromatic carbocycles. The van der Waals surface area contributed by atoms with Crippen LogP contribution in [0.3, 0.4) is 0 Å². The molecule has 2 aromatic rings. The van der Waals surface area contributed by atoms with Gasteiger partial charge in [-0.15, -0.1) is 11.3 Å². The molecule has 0 bridgehead atoms. The number of hydrogen-bond donors (Lipinski definition) is 0. The lowest BCUT2D eigenvalue weighted by Gasteiger charge is -2.17. The van der Waals surface area contributed by atoms with E-state index in [9.17, 15) is 4.79 Å². The van der Waals surface area contributed by atoms with Gasteiger partial charge in [-0.25, -0.2) is 4.98 Å². The van der Waals surface area contributed by atoms with Crippen molar-refractivity contribution in [3.05, 3.63) is 46.3 Å². The SMILES string of the molecule is COc1ncccc1CN(C)C(=O)c1cccs1. The third kappa shape index (κ3) is 2.68. The highest BCUT2D eigenvalue weighted by Crippen LogP contribution is 2.18. The minimum atomic E-state index is 0.0101. The smallest absolute Gasteiger partial charge is 0.263 e. The van der Waals surface area contributed by atoms with Crippen LogP contribution in [0.15, 0.2) is 35.8 Å². The van der Waals surface area contributed by atoms with E-state index in [2.05, 4.69) is 4.98 Å². The summed E-state index contributed by atoms with van der Waals surface area (Å²) >= 11 is 1.44. The molecule has 4 nitrogen and oxygen atoms in total. The Balaban J connectivity index is 2.11. The summed E-state index contributed by atoms with van der Waals surface area (Å²) in [5.74, 6) is 0.569. The Labute approximate surface area is 110 Å². The van der Waals surface area contributed by atoms with Crippen molar-refractivity contribution in [2.24, 2.45) is 0 Å². The van der Waals surface area contributed by atoms with Crippen LogP contribution in [0.4, 0.5) is 0 Å². The van der Waals surface area contributed by atoms with Crippen LogP contribution in [0.25, 0.3) is 0 Å². The largest absolute Gasteiger partial charge is 0.481 e. The van der Waals surface area contributed by atoms with E-state index < -0.39 is 0 Å². The minimum Gasteiger partial charge on any atom is -0.481 e. The van der Waals surface area contributed by atoms with Crippen LogP contribution in [-0.2, 0) is 6.54 Å². The van der Waals surface area contributed by atoms with E-state index in [4.69, 9.17) is 4.74 Å². The van der Waals surface area contributed by atoms with Gasteiger partial charge in [0, 0.05) is 18.8 Å². The fraction of sp³-hybridized carbons (Fsp3) is 0.231. The van der Waals surface area contributed by atoms with Crippen molar-refractivity contribution in [3.63, 3.8) is 0 Å². The van der Waals surface area contributed by atoms with E-state index in [0.29, 0.717) is 12.4 Å². The lowest BCUT2D eigenvalue weighted by molar-refractivity contribution is 0.0789. The van der Waals surface area contributed by atoms with Crippen LogP contribution in [-0.4, -0.2) is 29.9 Å². The van der Waals surface area contributed by atoms with Crippen molar-refractivity contribution >= 4 is 17.2 Å². The maximum atomic E-state index is 12.1. The first-order chi connectivity index (χ1) is 8.72. The van der Waals surface area contributed by atoms with Gasteiger partial charge in [0.2, 0.25) is 5.88 Å². The van der Waals surface area contributed by atoms with Gasteiger partial charge in [0.05, 0.1) is 18.5 Å². The maximum Gasteiger partial charge on any atom is 0.263 e. The van der Waals surface area contributed by atoms with Gasteiger partial charge in [0.1, 0.15) is 0 Å². The molecule has 0 saturated carbocycles. The van der Waals surface area contributed by atoms with Crippen molar-refractivity contribution < 1.29 is 9.53 Å².